The molecule has 1 aromatic rings. The molecule has 0 N–H and O–H groups in total. The molecule has 0 radical (unpaired) electrons. The number of benzene rings is 1. The van der Waals surface area contributed by atoms with E-state index in [0.29, 0.717) is 26.3 Å². The van der Waals surface area contributed by atoms with Crippen molar-refractivity contribution in [1.29, 1.82) is 0 Å². The van der Waals surface area contributed by atoms with Crippen LogP contribution in [0.2, 0.25) is 0 Å². The zero-order valence-corrected chi connectivity index (χ0v) is 15.1. The largest absolute Gasteiger partial charge is 0.493 e. The third kappa shape index (κ3) is 3.46. The lowest BCUT2D eigenvalue weighted by molar-refractivity contribution is -0.121. The van der Waals surface area contributed by atoms with E-state index in [0.717, 1.165) is 4.47 Å². The number of likely N-dealkylation sites (N-methyl/N-ethyl adjacent to an activating group) is 1. The third-order valence-corrected chi connectivity index (χ3v) is 4.78. The minimum absolute atomic E-state index is 0.105. The first-order chi connectivity index (χ1) is 10.5. The van der Waals surface area contributed by atoms with E-state index in [9.17, 15) is 4.79 Å². The summed E-state index contributed by atoms with van der Waals surface area (Å²) in [6.45, 7) is 0.105. The monoisotopic (exact) mass is 397 g/mol. The van der Waals surface area contributed by atoms with E-state index in [1.807, 2.05) is 6.07 Å². The highest BCUT2D eigenvalue weighted by molar-refractivity contribution is 9.10. The summed E-state index contributed by atoms with van der Waals surface area (Å²) in [5, 5.41) is 0. The second-order valence-corrected chi connectivity index (χ2v) is 6.85. The molecule has 114 valence electrons. The lowest BCUT2D eigenvalue weighted by Crippen LogP contribution is -2.22. The predicted molar refractivity (Wildman–Crippen MR) is 96.0 cm³/mol. The molecule has 1 fully saturated rings. The molecule has 0 spiro atoms. The second-order valence-electron chi connectivity index (χ2n) is 4.26. The van der Waals surface area contributed by atoms with Crippen molar-refractivity contribution in [3.8, 4) is 23.8 Å². The summed E-state index contributed by atoms with van der Waals surface area (Å²) < 4.78 is 12.2. The molecule has 1 amide bonds. The first-order valence-corrected chi connectivity index (χ1v) is 8.15. The number of methoxy groups -OCH3 is 1. The van der Waals surface area contributed by atoms with Gasteiger partial charge in [-0.3, -0.25) is 9.69 Å². The summed E-state index contributed by atoms with van der Waals surface area (Å²) in [5.41, 5.74) is 0.690. The van der Waals surface area contributed by atoms with Crippen molar-refractivity contribution >= 4 is 56.2 Å². The van der Waals surface area contributed by atoms with E-state index in [1.165, 1.54) is 16.7 Å². The summed E-state index contributed by atoms with van der Waals surface area (Å²) in [6.07, 6.45) is 6.97. The number of hydrogen-bond donors (Lipinski definition) is 0. The van der Waals surface area contributed by atoms with Gasteiger partial charge in [-0.1, -0.05) is 45.8 Å². The maximum absolute atomic E-state index is 12.1. The van der Waals surface area contributed by atoms with E-state index >= 15 is 0 Å². The number of ether oxygens (including phenoxy) is 2. The van der Waals surface area contributed by atoms with Crippen LogP contribution in [0, 0.1) is 12.3 Å². The molecule has 0 aliphatic carbocycles. The summed E-state index contributed by atoms with van der Waals surface area (Å²) >= 11 is 9.78. The maximum Gasteiger partial charge on any atom is 0.265 e. The molecule has 2 rings (SSSR count). The molecule has 1 heterocycles. The highest BCUT2D eigenvalue weighted by Crippen LogP contribution is 2.39. The number of carbonyl (C=O) groups excluding carboxylic acids is 1. The van der Waals surface area contributed by atoms with Crippen LogP contribution < -0.4 is 9.47 Å². The van der Waals surface area contributed by atoms with Gasteiger partial charge in [0.05, 0.1) is 12.0 Å². The molecule has 0 aromatic heterocycles. The van der Waals surface area contributed by atoms with Gasteiger partial charge in [-0.05, 0) is 18.2 Å². The Kier molecular flexibility index (Phi) is 5.51. The third-order valence-electron chi connectivity index (χ3n) is 2.84. The fraction of sp³-hybridized carbons (Fsp3) is 0.200. The molecule has 1 aliphatic rings. The summed E-state index contributed by atoms with van der Waals surface area (Å²) in [7, 11) is 3.19. The first-order valence-electron chi connectivity index (χ1n) is 6.13. The minimum atomic E-state index is -0.142. The molecule has 0 saturated carbocycles. The van der Waals surface area contributed by atoms with Gasteiger partial charge in [0.1, 0.15) is 10.9 Å². The van der Waals surface area contributed by atoms with Crippen molar-refractivity contribution in [2.75, 3.05) is 20.8 Å². The van der Waals surface area contributed by atoms with Crippen LogP contribution in [0.1, 0.15) is 5.56 Å². The number of halogens is 1. The fourth-order valence-corrected chi connectivity index (χ4v) is 3.43. The van der Waals surface area contributed by atoms with Gasteiger partial charge in [-0.15, -0.1) is 6.42 Å². The topological polar surface area (TPSA) is 38.8 Å². The van der Waals surface area contributed by atoms with E-state index < -0.39 is 0 Å². The van der Waals surface area contributed by atoms with Gasteiger partial charge in [0.25, 0.3) is 5.91 Å². The number of thiocarbonyl (C=S) groups is 1. The van der Waals surface area contributed by atoms with E-state index in [2.05, 4.69) is 21.9 Å². The molecule has 4 nitrogen and oxygen atoms in total. The SMILES string of the molecule is C#CCOc1c(/C=C2\SC(=S)N(C)C2=O)cc(Br)cc1OC. The molecule has 1 aliphatic heterocycles. The average Bonchev–Trinajstić information content (AvgIpc) is 2.73. The molecular weight excluding hydrogens is 386 g/mol. The van der Waals surface area contributed by atoms with Gasteiger partial charge in [-0.2, -0.15) is 0 Å². The lowest BCUT2D eigenvalue weighted by atomic mass is 10.1. The lowest BCUT2D eigenvalue weighted by Gasteiger charge is -2.13. The number of terminal acetylenes is 1. The Morgan fingerprint density at radius 1 is 1.55 bits per heavy atom. The van der Waals surface area contributed by atoms with Crippen molar-refractivity contribution in [2.45, 2.75) is 0 Å². The first kappa shape index (κ1) is 16.9. The van der Waals surface area contributed by atoms with Crippen molar-refractivity contribution in [3.63, 3.8) is 0 Å². The average molecular weight is 398 g/mol. The van der Waals surface area contributed by atoms with Crippen LogP contribution in [0.15, 0.2) is 21.5 Å². The molecular formula is C15H12BrNO3S2. The zero-order chi connectivity index (χ0) is 16.3. The Balaban J connectivity index is 2.50. The molecule has 0 atom stereocenters. The Morgan fingerprint density at radius 2 is 2.27 bits per heavy atom. The van der Waals surface area contributed by atoms with E-state index in [4.69, 9.17) is 28.1 Å². The van der Waals surface area contributed by atoms with Crippen LogP contribution in [0.3, 0.4) is 0 Å². The van der Waals surface area contributed by atoms with E-state index in [-0.39, 0.29) is 12.5 Å². The second kappa shape index (κ2) is 7.18. The minimum Gasteiger partial charge on any atom is -0.493 e. The number of nitrogens with zero attached hydrogens (tertiary/aromatic N) is 1. The summed E-state index contributed by atoms with van der Waals surface area (Å²) in [5.74, 6) is 3.29. The van der Waals surface area contributed by atoms with Crippen LogP contribution in [-0.4, -0.2) is 35.9 Å². The van der Waals surface area contributed by atoms with Crippen LogP contribution in [0.4, 0.5) is 0 Å². The Morgan fingerprint density at radius 3 is 2.82 bits per heavy atom. The van der Waals surface area contributed by atoms with Crippen LogP contribution in [0.25, 0.3) is 6.08 Å². The van der Waals surface area contributed by atoms with Crippen molar-refractivity contribution in [3.05, 3.63) is 27.1 Å². The van der Waals surface area contributed by atoms with Crippen LogP contribution in [0.5, 0.6) is 11.5 Å². The highest BCUT2D eigenvalue weighted by atomic mass is 79.9. The molecule has 0 bridgehead atoms. The van der Waals surface area contributed by atoms with Crippen molar-refractivity contribution in [1.82, 2.24) is 4.90 Å². The summed E-state index contributed by atoms with van der Waals surface area (Å²) in [4.78, 5) is 14.1. The number of rotatable bonds is 4. The number of hydrogen-bond acceptors (Lipinski definition) is 5. The van der Waals surface area contributed by atoms with Crippen LogP contribution >= 0.6 is 39.9 Å². The van der Waals surface area contributed by atoms with Crippen molar-refractivity contribution in [2.24, 2.45) is 0 Å². The predicted octanol–water partition coefficient (Wildman–Crippen LogP) is 3.30. The van der Waals surface area contributed by atoms with Gasteiger partial charge < -0.3 is 9.47 Å². The Labute approximate surface area is 147 Å². The van der Waals surface area contributed by atoms with Gasteiger partial charge in [-0.25, -0.2) is 0 Å². The van der Waals surface area contributed by atoms with Crippen molar-refractivity contribution < 1.29 is 14.3 Å². The Hall–Kier alpha value is -1.49. The number of thioether (sulfide) groups is 1. The molecule has 22 heavy (non-hydrogen) atoms. The zero-order valence-electron chi connectivity index (χ0n) is 11.9. The fourth-order valence-electron chi connectivity index (χ4n) is 1.80. The van der Waals surface area contributed by atoms with Gasteiger partial charge in [0, 0.05) is 17.1 Å². The van der Waals surface area contributed by atoms with Gasteiger partial charge in [0.15, 0.2) is 11.5 Å². The number of carbonyl (C=O) groups is 1. The number of amides is 1. The Bertz CT molecular complexity index is 709. The highest BCUT2D eigenvalue weighted by Gasteiger charge is 2.29. The standard InChI is InChI=1S/C15H12BrNO3S2/c1-4-5-20-13-9(6-10(16)8-11(13)19-3)7-12-14(18)17(2)15(21)22-12/h1,6-8H,5H2,2-3H3/b12-7-. The molecule has 1 aromatic carbocycles. The molecule has 0 unspecified atom stereocenters. The molecule has 7 heteroatoms. The summed E-state index contributed by atoms with van der Waals surface area (Å²) in [6, 6.07) is 3.60. The van der Waals surface area contributed by atoms with Gasteiger partial charge >= 0.3 is 0 Å². The van der Waals surface area contributed by atoms with Gasteiger partial charge in [0.2, 0.25) is 0 Å². The maximum atomic E-state index is 12.1. The smallest absolute Gasteiger partial charge is 0.265 e. The molecule has 1 saturated heterocycles. The van der Waals surface area contributed by atoms with Crippen LogP contribution in [-0.2, 0) is 4.79 Å². The van der Waals surface area contributed by atoms with E-state index in [1.54, 1.807) is 26.3 Å². The normalized spacial score (nSPS) is 16.1. The quantitative estimate of drug-likeness (QED) is 0.442.